The van der Waals surface area contributed by atoms with Crippen LogP contribution in [-0.4, -0.2) is 4.98 Å². The summed E-state index contributed by atoms with van der Waals surface area (Å²) in [4.78, 5) is 4.84. The van der Waals surface area contributed by atoms with Gasteiger partial charge in [0.1, 0.15) is 7.05 Å². The zero-order valence-electron chi connectivity index (χ0n) is 21.1. The molecule has 1 fully saturated rings. The minimum atomic E-state index is 0.364. The topological polar surface area (TPSA) is 29.9 Å². The van der Waals surface area contributed by atoms with E-state index in [1.54, 1.807) is 0 Å². The number of aryl methyl sites for hydroxylation is 2. The fourth-order valence-electron chi connectivity index (χ4n) is 5.70. The number of rotatable bonds is 4. The van der Waals surface area contributed by atoms with Crippen molar-refractivity contribution in [1.82, 2.24) is 4.98 Å². The van der Waals surface area contributed by atoms with Crippen LogP contribution in [0.2, 0.25) is 0 Å². The molecule has 0 atom stereocenters. The van der Waals surface area contributed by atoms with Gasteiger partial charge in [0.2, 0.25) is 11.4 Å². The van der Waals surface area contributed by atoms with Gasteiger partial charge in [0.25, 0.3) is 0 Å². The predicted octanol–water partition coefficient (Wildman–Crippen LogP) is 8.23. The minimum Gasteiger partial charge on any atom is -0.437 e. The first-order chi connectivity index (χ1) is 17.0. The lowest BCUT2D eigenvalue weighted by Gasteiger charge is -2.12. The van der Waals surface area contributed by atoms with Gasteiger partial charge in [-0.1, -0.05) is 63.1 Å². The third-order valence-corrected chi connectivity index (χ3v) is 7.78. The summed E-state index contributed by atoms with van der Waals surface area (Å²) in [6.45, 7) is 6.50. The molecule has 1 aliphatic carbocycles. The van der Waals surface area contributed by atoms with Gasteiger partial charge in [-0.2, -0.15) is 0 Å². The maximum absolute atomic E-state index is 6.47. The molecule has 0 radical (unpaired) electrons. The molecule has 2 aromatic carbocycles. The summed E-state index contributed by atoms with van der Waals surface area (Å²) in [7, 11) is 2.12. The fraction of sp³-hybridized carbons (Fsp3) is 0.312. The summed E-state index contributed by atoms with van der Waals surface area (Å²) >= 11 is 0. The molecule has 6 rings (SSSR count). The standard InChI is InChI=1S/C32H33N2O/c1-20(2)28-15-14-27-26-13-12-21(3)30(31(26)35-32(27)33-28)29-19-25(16-17-34(29)4)24-11-7-10-23(18-24)22-8-5-6-9-22/h7,10-20,22H,5-6,8-9H2,1-4H3/q+1. The molecule has 5 aromatic rings. The quantitative estimate of drug-likeness (QED) is 0.252. The molecule has 1 saturated carbocycles. The summed E-state index contributed by atoms with van der Waals surface area (Å²) in [6, 6.07) is 22.4. The molecule has 3 nitrogen and oxygen atoms in total. The van der Waals surface area contributed by atoms with E-state index >= 15 is 0 Å². The highest BCUT2D eigenvalue weighted by Crippen LogP contribution is 2.39. The van der Waals surface area contributed by atoms with Crippen LogP contribution >= 0.6 is 0 Å². The van der Waals surface area contributed by atoms with Crippen molar-refractivity contribution in [3.8, 4) is 22.4 Å². The second-order valence-corrected chi connectivity index (χ2v) is 10.5. The van der Waals surface area contributed by atoms with E-state index in [1.807, 2.05) is 0 Å². The third-order valence-electron chi connectivity index (χ3n) is 7.78. The van der Waals surface area contributed by atoms with Crippen molar-refractivity contribution in [1.29, 1.82) is 0 Å². The maximum atomic E-state index is 6.47. The van der Waals surface area contributed by atoms with Crippen LogP contribution < -0.4 is 4.57 Å². The van der Waals surface area contributed by atoms with Crippen molar-refractivity contribution in [2.24, 2.45) is 7.05 Å². The summed E-state index contributed by atoms with van der Waals surface area (Å²) in [5.41, 5.74) is 10.2. The first-order valence-electron chi connectivity index (χ1n) is 12.9. The highest BCUT2D eigenvalue weighted by Gasteiger charge is 2.23. The molecule has 0 spiro atoms. The van der Waals surface area contributed by atoms with Crippen LogP contribution in [0.4, 0.5) is 0 Å². The van der Waals surface area contributed by atoms with E-state index in [-0.39, 0.29) is 0 Å². The van der Waals surface area contributed by atoms with Crippen molar-refractivity contribution >= 4 is 22.1 Å². The van der Waals surface area contributed by atoms with Gasteiger partial charge in [-0.05, 0) is 66.0 Å². The lowest BCUT2D eigenvalue weighted by atomic mass is 9.93. The number of furan rings is 1. The molecule has 0 bridgehead atoms. The largest absolute Gasteiger partial charge is 0.437 e. The second-order valence-electron chi connectivity index (χ2n) is 10.5. The Hall–Kier alpha value is -3.46. The molecule has 0 N–H and O–H groups in total. The predicted molar refractivity (Wildman–Crippen MR) is 144 cm³/mol. The molecule has 0 saturated heterocycles. The Balaban J connectivity index is 1.51. The first kappa shape index (κ1) is 22.0. The van der Waals surface area contributed by atoms with E-state index in [4.69, 9.17) is 9.40 Å². The number of benzene rings is 2. The van der Waals surface area contributed by atoms with Crippen LogP contribution in [0.5, 0.6) is 0 Å². The van der Waals surface area contributed by atoms with E-state index in [0.29, 0.717) is 11.8 Å². The summed E-state index contributed by atoms with van der Waals surface area (Å²) in [5, 5.41) is 2.20. The van der Waals surface area contributed by atoms with Crippen molar-refractivity contribution in [3.63, 3.8) is 0 Å². The monoisotopic (exact) mass is 461 g/mol. The van der Waals surface area contributed by atoms with E-state index < -0.39 is 0 Å². The average Bonchev–Trinajstić information content (AvgIpc) is 3.52. The number of pyridine rings is 2. The number of aromatic nitrogens is 2. The maximum Gasteiger partial charge on any atom is 0.227 e. The fourth-order valence-corrected chi connectivity index (χ4v) is 5.70. The average molecular weight is 462 g/mol. The van der Waals surface area contributed by atoms with Gasteiger partial charge in [0, 0.05) is 28.6 Å². The number of hydrogen-bond donors (Lipinski definition) is 0. The molecule has 0 unspecified atom stereocenters. The summed E-state index contributed by atoms with van der Waals surface area (Å²) in [6.07, 6.45) is 7.52. The zero-order chi connectivity index (χ0) is 24.1. The van der Waals surface area contributed by atoms with Crippen molar-refractivity contribution in [2.45, 2.75) is 58.3 Å². The Morgan fingerprint density at radius 3 is 2.49 bits per heavy atom. The van der Waals surface area contributed by atoms with E-state index in [2.05, 4.69) is 99.2 Å². The minimum absolute atomic E-state index is 0.364. The molecule has 176 valence electrons. The van der Waals surface area contributed by atoms with E-state index in [1.165, 1.54) is 47.9 Å². The Bertz CT molecular complexity index is 1550. The lowest BCUT2D eigenvalue weighted by molar-refractivity contribution is -0.660. The molecule has 35 heavy (non-hydrogen) atoms. The molecule has 3 heteroatoms. The van der Waals surface area contributed by atoms with Gasteiger partial charge in [-0.15, -0.1) is 0 Å². The Kier molecular flexibility index (Phi) is 5.44. The molecule has 0 aliphatic heterocycles. The van der Waals surface area contributed by atoms with Gasteiger partial charge in [-0.25, -0.2) is 9.55 Å². The number of hydrogen-bond acceptors (Lipinski definition) is 2. The molecular weight excluding hydrogens is 428 g/mol. The van der Waals surface area contributed by atoms with Crippen LogP contribution in [0.25, 0.3) is 44.5 Å². The van der Waals surface area contributed by atoms with Gasteiger partial charge in [-0.3, -0.25) is 0 Å². The van der Waals surface area contributed by atoms with E-state index in [0.717, 1.165) is 39.0 Å². The van der Waals surface area contributed by atoms with Crippen LogP contribution in [0.15, 0.2) is 71.3 Å². The smallest absolute Gasteiger partial charge is 0.227 e. The SMILES string of the molecule is Cc1ccc2c(oc3nc(C(C)C)ccc32)c1-c1cc(-c2cccc(C3CCCC3)c2)cc[n+]1C. The Morgan fingerprint density at radius 1 is 0.914 bits per heavy atom. The van der Waals surface area contributed by atoms with Crippen molar-refractivity contribution < 1.29 is 8.98 Å². The van der Waals surface area contributed by atoms with Crippen LogP contribution in [0.3, 0.4) is 0 Å². The zero-order valence-corrected chi connectivity index (χ0v) is 21.1. The molecule has 3 heterocycles. The van der Waals surface area contributed by atoms with Crippen LogP contribution in [0, 0.1) is 6.92 Å². The lowest BCUT2D eigenvalue weighted by Crippen LogP contribution is -2.30. The number of fused-ring (bicyclic) bond motifs is 3. The summed E-state index contributed by atoms with van der Waals surface area (Å²) < 4.78 is 8.67. The van der Waals surface area contributed by atoms with Gasteiger partial charge >= 0.3 is 0 Å². The normalized spacial score (nSPS) is 14.5. The van der Waals surface area contributed by atoms with Crippen molar-refractivity contribution in [3.05, 3.63) is 83.7 Å². The first-order valence-corrected chi connectivity index (χ1v) is 12.9. The van der Waals surface area contributed by atoms with Gasteiger partial charge in [0.05, 0.1) is 5.56 Å². The van der Waals surface area contributed by atoms with Crippen molar-refractivity contribution in [2.75, 3.05) is 0 Å². The van der Waals surface area contributed by atoms with Crippen LogP contribution in [-0.2, 0) is 7.05 Å². The number of nitrogens with zero attached hydrogens (tertiary/aromatic N) is 2. The van der Waals surface area contributed by atoms with Crippen LogP contribution in [0.1, 0.15) is 68.2 Å². The van der Waals surface area contributed by atoms with Gasteiger partial charge in [0.15, 0.2) is 11.8 Å². The Labute approximate surface area is 207 Å². The summed E-state index contributed by atoms with van der Waals surface area (Å²) in [5.74, 6) is 1.08. The Morgan fingerprint density at radius 2 is 1.69 bits per heavy atom. The highest BCUT2D eigenvalue weighted by atomic mass is 16.3. The molecule has 3 aromatic heterocycles. The molecule has 0 amide bonds. The van der Waals surface area contributed by atoms with E-state index in [9.17, 15) is 0 Å². The molecular formula is C32H33N2O+. The molecule has 1 aliphatic rings. The second kappa shape index (κ2) is 8.64. The highest BCUT2D eigenvalue weighted by molar-refractivity contribution is 6.08. The van der Waals surface area contributed by atoms with Gasteiger partial charge < -0.3 is 4.42 Å². The third kappa shape index (κ3) is 3.83.